The number of benzene rings is 1. The molecule has 10 heteroatoms. The summed E-state index contributed by atoms with van der Waals surface area (Å²) < 4.78 is 28.9. The van der Waals surface area contributed by atoms with Crippen LogP contribution in [0.2, 0.25) is 0 Å². The molecule has 25 heavy (non-hydrogen) atoms. The van der Waals surface area contributed by atoms with Crippen LogP contribution in [0.25, 0.3) is 11.0 Å². The molecular formula is C15H18N6O3S. The zero-order valence-corrected chi connectivity index (χ0v) is 14.5. The van der Waals surface area contributed by atoms with Crippen molar-refractivity contribution in [2.75, 3.05) is 16.6 Å². The lowest BCUT2D eigenvalue weighted by atomic mass is 10.3. The van der Waals surface area contributed by atoms with Gasteiger partial charge in [-0.15, -0.1) is 0 Å². The highest BCUT2D eigenvalue weighted by molar-refractivity contribution is 7.92. The van der Waals surface area contributed by atoms with Gasteiger partial charge in [0.25, 0.3) is 10.0 Å². The van der Waals surface area contributed by atoms with Crippen molar-refractivity contribution in [3.05, 3.63) is 36.7 Å². The Bertz CT molecular complexity index is 999. The summed E-state index contributed by atoms with van der Waals surface area (Å²) in [4.78, 5) is 8.76. The normalized spacial score (nSPS) is 12.9. The molecule has 9 nitrogen and oxygen atoms in total. The quantitative estimate of drug-likeness (QED) is 0.597. The Balaban J connectivity index is 2.02. The number of aryl methyl sites for hydroxylation is 1. The van der Waals surface area contributed by atoms with E-state index in [-0.39, 0.29) is 23.1 Å². The van der Waals surface area contributed by atoms with Crippen LogP contribution in [-0.4, -0.2) is 45.9 Å². The highest BCUT2D eigenvalue weighted by Gasteiger charge is 2.20. The summed E-state index contributed by atoms with van der Waals surface area (Å²) in [6.45, 7) is 1.82. The number of nitrogens with zero attached hydrogens (tertiary/aromatic N) is 4. The van der Waals surface area contributed by atoms with E-state index in [2.05, 4.69) is 25.1 Å². The maximum Gasteiger partial charge on any atom is 0.266 e. The first-order chi connectivity index (χ1) is 11.8. The molecule has 0 aliphatic rings. The molecule has 2 heterocycles. The van der Waals surface area contributed by atoms with Gasteiger partial charge in [0, 0.05) is 19.8 Å². The van der Waals surface area contributed by atoms with E-state index in [1.54, 1.807) is 32.2 Å². The van der Waals surface area contributed by atoms with Crippen LogP contribution < -0.4 is 10.0 Å². The second-order valence-electron chi connectivity index (χ2n) is 5.59. The number of aliphatic hydroxyl groups excluding tert-OH is 1. The number of hydrogen-bond acceptors (Lipinski definition) is 7. The van der Waals surface area contributed by atoms with Crippen molar-refractivity contribution >= 4 is 32.7 Å². The van der Waals surface area contributed by atoms with Gasteiger partial charge in [-0.2, -0.15) is 5.10 Å². The van der Waals surface area contributed by atoms with E-state index >= 15 is 0 Å². The number of aliphatic hydroxyl groups is 1. The van der Waals surface area contributed by atoms with E-state index in [0.29, 0.717) is 11.0 Å². The van der Waals surface area contributed by atoms with E-state index in [1.165, 1.54) is 17.1 Å². The predicted octanol–water partition coefficient (Wildman–Crippen LogP) is 0.957. The molecule has 0 radical (unpaired) electrons. The van der Waals surface area contributed by atoms with Crippen LogP contribution in [0.4, 0.5) is 11.6 Å². The Labute approximate surface area is 144 Å². The Morgan fingerprint density at radius 2 is 1.84 bits per heavy atom. The molecule has 1 atom stereocenters. The first-order valence-corrected chi connectivity index (χ1v) is 9.03. The van der Waals surface area contributed by atoms with Crippen molar-refractivity contribution < 1.29 is 13.5 Å². The van der Waals surface area contributed by atoms with Crippen molar-refractivity contribution in [1.82, 2.24) is 19.7 Å². The van der Waals surface area contributed by atoms with Gasteiger partial charge in [0.2, 0.25) is 0 Å². The maximum atomic E-state index is 12.5. The lowest BCUT2D eigenvalue weighted by molar-refractivity contribution is 0.208. The second kappa shape index (κ2) is 6.65. The number of rotatable bonds is 6. The second-order valence-corrected chi connectivity index (χ2v) is 7.28. The van der Waals surface area contributed by atoms with Crippen molar-refractivity contribution in [3.63, 3.8) is 0 Å². The average Bonchev–Trinajstić information content (AvgIpc) is 3.00. The minimum Gasteiger partial charge on any atom is -0.392 e. The van der Waals surface area contributed by atoms with Crippen molar-refractivity contribution in [1.29, 1.82) is 0 Å². The van der Waals surface area contributed by atoms with E-state index < -0.39 is 16.1 Å². The number of para-hydroxylation sites is 2. The van der Waals surface area contributed by atoms with Crippen LogP contribution in [-0.2, 0) is 17.1 Å². The molecule has 0 aliphatic carbocycles. The van der Waals surface area contributed by atoms with E-state index in [9.17, 15) is 13.5 Å². The first kappa shape index (κ1) is 17.1. The van der Waals surface area contributed by atoms with E-state index in [1.807, 2.05) is 6.07 Å². The molecule has 0 amide bonds. The number of aromatic nitrogens is 4. The zero-order valence-electron chi connectivity index (χ0n) is 13.7. The van der Waals surface area contributed by atoms with E-state index in [0.717, 1.165) is 0 Å². The van der Waals surface area contributed by atoms with Crippen LogP contribution in [0.1, 0.15) is 6.92 Å². The van der Waals surface area contributed by atoms with Gasteiger partial charge in [0.15, 0.2) is 11.6 Å². The Hall–Kier alpha value is -2.72. The smallest absolute Gasteiger partial charge is 0.266 e. The molecule has 1 aromatic carbocycles. The van der Waals surface area contributed by atoms with Gasteiger partial charge in [-0.3, -0.25) is 9.40 Å². The molecule has 0 bridgehead atoms. The first-order valence-electron chi connectivity index (χ1n) is 7.55. The Morgan fingerprint density at radius 1 is 1.20 bits per heavy atom. The molecule has 132 valence electrons. The molecule has 1 unspecified atom stereocenters. The largest absolute Gasteiger partial charge is 0.392 e. The fraction of sp³-hybridized carbons (Fsp3) is 0.267. The molecule has 0 fully saturated rings. The van der Waals surface area contributed by atoms with E-state index in [4.69, 9.17) is 0 Å². The number of anilines is 2. The van der Waals surface area contributed by atoms with Gasteiger partial charge in [-0.05, 0) is 19.1 Å². The third-order valence-corrected chi connectivity index (χ3v) is 4.65. The summed E-state index contributed by atoms with van der Waals surface area (Å²) in [5.74, 6) is 0.301. The van der Waals surface area contributed by atoms with Gasteiger partial charge < -0.3 is 10.4 Å². The topological polar surface area (TPSA) is 122 Å². The van der Waals surface area contributed by atoms with Crippen LogP contribution in [0.5, 0.6) is 0 Å². The zero-order chi connectivity index (χ0) is 18.0. The minimum atomic E-state index is -3.86. The third kappa shape index (κ3) is 3.86. The van der Waals surface area contributed by atoms with Gasteiger partial charge >= 0.3 is 0 Å². The molecular weight excluding hydrogens is 344 g/mol. The van der Waals surface area contributed by atoms with Gasteiger partial charge in [0.1, 0.15) is 4.90 Å². The molecule has 0 aliphatic heterocycles. The van der Waals surface area contributed by atoms with Crippen LogP contribution >= 0.6 is 0 Å². The third-order valence-electron chi connectivity index (χ3n) is 3.36. The van der Waals surface area contributed by atoms with Crippen LogP contribution in [0.15, 0.2) is 41.6 Å². The number of nitrogens with one attached hydrogen (secondary N) is 2. The standard InChI is InChI=1S/C15H18N6O3S/c1-10(22)7-16-14-15(19-13-6-4-3-5-12(13)18-14)20-25(23,24)11-8-17-21(2)9-11/h3-6,8-10,22H,7H2,1-2H3,(H,16,18)(H,19,20). The molecule has 3 N–H and O–H groups in total. The van der Waals surface area contributed by atoms with Gasteiger partial charge in [-0.25, -0.2) is 18.4 Å². The highest BCUT2D eigenvalue weighted by atomic mass is 32.2. The Kier molecular flexibility index (Phi) is 4.55. The molecule has 3 rings (SSSR count). The molecule has 3 aromatic rings. The van der Waals surface area contributed by atoms with Gasteiger partial charge in [0.05, 0.1) is 23.3 Å². The number of hydrogen-bond donors (Lipinski definition) is 3. The summed E-state index contributed by atoms with van der Waals surface area (Å²) in [5.41, 5.74) is 1.16. The van der Waals surface area contributed by atoms with Crippen LogP contribution in [0.3, 0.4) is 0 Å². The fourth-order valence-electron chi connectivity index (χ4n) is 2.16. The van der Waals surface area contributed by atoms with Crippen molar-refractivity contribution in [2.45, 2.75) is 17.9 Å². The summed E-state index contributed by atoms with van der Waals surface area (Å²) in [6, 6.07) is 7.12. The number of sulfonamides is 1. The lowest BCUT2D eigenvalue weighted by Gasteiger charge is -2.14. The SMILES string of the molecule is CC(O)CNc1nc2ccccc2nc1NS(=O)(=O)c1cnn(C)c1. The minimum absolute atomic E-state index is 0.0198. The molecule has 0 spiro atoms. The van der Waals surface area contributed by atoms with Crippen LogP contribution in [0, 0.1) is 0 Å². The van der Waals surface area contributed by atoms with Gasteiger partial charge in [-0.1, -0.05) is 12.1 Å². The molecule has 2 aromatic heterocycles. The fourth-order valence-corrected chi connectivity index (χ4v) is 3.15. The monoisotopic (exact) mass is 362 g/mol. The maximum absolute atomic E-state index is 12.5. The Morgan fingerprint density at radius 3 is 2.40 bits per heavy atom. The summed E-state index contributed by atoms with van der Waals surface area (Å²) in [7, 11) is -2.23. The average molecular weight is 362 g/mol. The lowest BCUT2D eigenvalue weighted by Crippen LogP contribution is -2.20. The summed E-state index contributed by atoms with van der Waals surface area (Å²) in [5, 5.41) is 16.3. The molecule has 0 saturated carbocycles. The van der Waals surface area contributed by atoms with Crippen molar-refractivity contribution in [2.24, 2.45) is 7.05 Å². The number of fused-ring (bicyclic) bond motifs is 1. The van der Waals surface area contributed by atoms with Crippen molar-refractivity contribution in [3.8, 4) is 0 Å². The highest BCUT2D eigenvalue weighted by Crippen LogP contribution is 2.24. The predicted molar refractivity (Wildman–Crippen MR) is 93.7 cm³/mol. The summed E-state index contributed by atoms with van der Waals surface area (Å²) in [6.07, 6.45) is 2.01. The summed E-state index contributed by atoms with van der Waals surface area (Å²) >= 11 is 0. The molecule has 0 saturated heterocycles.